The van der Waals surface area contributed by atoms with Crippen LogP contribution in [0.2, 0.25) is 0 Å². The van der Waals surface area contributed by atoms with E-state index in [9.17, 15) is 29.1 Å². The van der Waals surface area contributed by atoms with Crippen LogP contribution in [0.4, 0.5) is 0 Å². The molecular weight excluding hydrogens is 707 g/mol. The smallest absolute Gasteiger partial charge is 0.256 e. The van der Waals surface area contributed by atoms with Crippen molar-refractivity contribution in [1.29, 1.82) is 0 Å². The standard InChI is InChI=1S/C45H47N5O6/c1-5-9-36(51)47-39(33-25-34(45(2,3)4)32-14-8-21-46-40(32)41(33)53)29-11-7-12-30(24-29)43(55)49-22-19-27(20-23-49)15-16-28-10-6-13-31-26-50(44(56)38(28)31)35-17-18-37(52)48-42(35)54/h6-8,10-14,21,24-25,27,35,39,53H,5,9,17-20,22-23,26H2,1-4H3,(H,47,51)(H,48,52,54). The molecule has 7 rings (SSSR count). The summed E-state index contributed by atoms with van der Waals surface area (Å²) >= 11 is 0. The number of pyridine rings is 1. The molecule has 56 heavy (non-hydrogen) atoms. The number of rotatable bonds is 7. The fourth-order valence-corrected chi connectivity index (χ4v) is 8.05. The Labute approximate surface area is 326 Å². The normalized spacial score (nSPS) is 17.9. The molecule has 3 aliphatic heterocycles. The van der Waals surface area contributed by atoms with Gasteiger partial charge < -0.3 is 20.2 Å². The zero-order valence-electron chi connectivity index (χ0n) is 32.3. The van der Waals surface area contributed by atoms with Crippen molar-refractivity contribution in [2.24, 2.45) is 5.92 Å². The Morgan fingerprint density at radius 3 is 2.52 bits per heavy atom. The lowest BCUT2D eigenvalue weighted by molar-refractivity contribution is -0.137. The van der Waals surface area contributed by atoms with Crippen molar-refractivity contribution < 1.29 is 29.1 Å². The van der Waals surface area contributed by atoms with Gasteiger partial charge in [-0.05, 0) is 78.1 Å². The Hall–Kier alpha value is -6.02. The van der Waals surface area contributed by atoms with Gasteiger partial charge in [-0.2, -0.15) is 0 Å². The lowest BCUT2D eigenvalue weighted by Gasteiger charge is -2.30. The van der Waals surface area contributed by atoms with Crippen molar-refractivity contribution in [1.82, 2.24) is 25.4 Å². The third-order valence-electron chi connectivity index (χ3n) is 11.0. The van der Waals surface area contributed by atoms with E-state index in [4.69, 9.17) is 0 Å². The molecule has 3 aromatic carbocycles. The summed E-state index contributed by atoms with van der Waals surface area (Å²) in [5.74, 6) is 5.28. The van der Waals surface area contributed by atoms with E-state index in [-0.39, 0.29) is 47.1 Å². The number of likely N-dealkylation sites (tertiary alicyclic amines) is 1. The van der Waals surface area contributed by atoms with E-state index in [1.807, 2.05) is 60.4 Å². The molecule has 0 spiro atoms. The number of hydrogen-bond donors (Lipinski definition) is 3. The summed E-state index contributed by atoms with van der Waals surface area (Å²) in [6.07, 6.45) is 4.43. The number of fused-ring (bicyclic) bond motifs is 2. The molecule has 5 amide bonds. The molecule has 4 heterocycles. The van der Waals surface area contributed by atoms with Crippen LogP contribution in [0.15, 0.2) is 66.9 Å². The van der Waals surface area contributed by atoms with Gasteiger partial charge in [0.05, 0.1) is 11.6 Å². The number of imide groups is 1. The van der Waals surface area contributed by atoms with E-state index in [1.54, 1.807) is 18.3 Å². The molecule has 1 aromatic heterocycles. The van der Waals surface area contributed by atoms with Crippen LogP contribution in [0.25, 0.3) is 10.9 Å². The predicted molar refractivity (Wildman–Crippen MR) is 211 cm³/mol. The molecule has 0 saturated carbocycles. The minimum Gasteiger partial charge on any atom is -0.505 e. The van der Waals surface area contributed by atoms with Gasteiger partial charge in [-0.1, -0.05) is 69.9 Å². The Morgan fingerprint density at radius 2 is 1.79 bits per heavy atom. The van der Waals surface area contributed by atoms with E-state index in [2.05, 4.69) is 48.2 Å². The third-order valence-corrected chi connectivity index (χ3v) is 11.0. The van der Waals surface area contributed by atoms with E-state index >= 15 is 0 Å². The molecule has 4 aromatic rings. The van der Waals surface area contributed by atoms with Crippen LogP contribution < -0.4 is 10.6 Å². The minimum absolute atomic E-state index is 0.00762. The zero-order chi connectivity index (χ0) is 39.7. The minimum atomic E-state index is -0.724. The molecule has 0 radical (unpaired) electrons. The first kappa shape index (κ1) is 38.3. The van der Waals surface area contributed by atoms with Gasteiger partial charge in [0, 0.05) is 66.7 Å². The first-order valence-corrected chi connectivity index (χ1v) is 19.4. The number of phenolic OH excluding ortho intramolecular Hbond substituents is 1. The largest absolute Gasteiger partial charge is 0.505 e. The van der Waals surface area contributed by atoms with Crippen molar-refractivity contribution >= 4 is 40.4 Å². The molecule has 288 valence electrons. The average molecular weight is 754 g/mol. The molecule has 2 atom stereocenters. The van der Waals surface area contributed by atoms with E-state index in [1.165, 1.54) is 4.90 Å². The molecule has 11 heteroatoms. The number of amides is 5. The maximum atomic E-state index is 14.0. The first-order valence-electron chi connectivity index (χ1n) is 19.4. The zero-order valence-corrected chi connectivity index (χ0v) is 32.3. The number of carbonyl (C=O) groups is 5. The van der Waals surface area contributed by atoms with Gasteiger partial charge in [-0.3, -0.25) is 34.3 Å². The predicted octanol–water partition coefficient (Wildman–Crippen LogP) is 5.91. The van der Waals surface area contributed by atoms with Gasteiger partial charge >= 0.3 is 0 Å². The van der Waals surface area contributed by atoms with Gasteiger partial charge in [0.1, 0.15) is 17.3 Å². The van der Waals surface area contributed by atoms with Crippen LogP contribution in [0.5, 0.6) is 5.75 Å². The molecular formula is C45H47N5O6. The molecule has 11 nitrogen and oxygen atoms in total. The van der Waals surface area contributed by atoms with Crippen molar-refractivity contribution in [2.75, 3.05) is 13.1 Å². The van der Waals surface area contributed by atoms with E-state index in [0.717, 1.165) is 16.5 Å². The molecule has 0 bridgehead atoms. The monoisotopic (exact) mass is 753 g/mol. The molecule has 2 fully saturated rings. The lowest BCUT2D eigenvalue weighted by atomic mass is 9.81. The van der Waals surface area contributed by atoms with Crippen LogP contribution >= 0.6 is 0 Å². The van der Waals surface area contributed by atoms with Gasteiger partial charge in [0.2, 0.25) is 17.7 Å². The second-order valence-corrected chi connectivity index (χ2v) is 16.0. The third kappa shape index (κ3) is 7.61. The molecule has 3 N–H and O–H groups in total. The van der Waals surface area contributed by atoms with Crippen molar-refractivity contribution in [3.8, 4) is 17.6 Å². The maximum Gasteiger partial charge on any atom is 0.256 e. The summed E-state index contributed by atoms with van der Waals surface area (Å²) in [6.45, 7) is 9.53. The molecule has 2 unspecified atom stereocenters. The highest BCUT2D eigenvalue weighted by Gasteiger charge is 2.40. The second-order valence-electron chi connectivity index (χ2n) is 16.0. The number of piperidine rings is 2. The van der Waals surface area contributed by atoms with Crippen LogP contribution in [0, 0.1) is 17.8 Å². The van der Waals surface area contributed by atoms with Crippen molar-refractivity contribution in [2.45, 2.75) is 90.3 Å². The number of benzene rings is 3. The summed E-state index contributed by atoms with van der Waals surface area (Å²) < 4.78 is 0. The highest BCUT2D eigenvalue weighted by atomic mass is 16.3. The Morgan fingerprint density at radius 1 is 1.02 bits per heavy atom. The van der Waals surface area contributed by atoms with E-state index < -0.39 is 18.0 Å². The molecule has 3 aliphatic rings. The SMILES string of the molecule is CCCC(=O)NC(c1cccc(C(=O)N2CCC(C#Cc3cccc4c3C(=O)N(C3CCC(=O)NC3=O)C4)CC2)c1)c1cc(C(C)(C)C)c2cccnc2c1O. The number of carbonyl (C=O) groups excluding carboxylic acids is 5. The Bertz CT molecular complexity index is 2310. The van der Waals surface area contributed by atoms with Gasteiger partial charge in [-0.15, -0.1) is 0 Å². The summed E-state index contributed by atoms with van der Waals surface area (Å²) in [5, 5.41) is 18.0. The van der Waals surface area contributed by atoms with Crippen molar-refractivity contribution in [3.05, 3.63) is 106 Å². The molecule has 0 aliphatic carbocycles. The fourth-order valence-electron chi connectivity index (χ4n) is 8.05. The lowest BCUT2D eigenvalue weighted by Crippen LogP contribution is -2.52. The van der Waals surface area contributed by atoms with Crippen LogP contribution in [-0.4, -0.2) is 68.6 Å². The number of nitrogens with one attached hydrogen (secondary N) is 2. The van der Waals surface area contributed by atoms with Gasteiger partial charge in [-0.25, -0.2) is 0 Å². The van der Waals surface area contributed by atoms with Gasteiger partial charge in [0.25, 0.3) is 11.8 Å². The fraction of sp³-hybridized carbons (Fsp3) is 0.378. The first-order chi connectivity index (χ1) is 26.8. The molecule has 2 saturated heterocycles. The highest BCUT2D eigenvalue weighted by Crippen LogP contribution is 2.41. The average Bonchev–Trinajstić information content (AvgIpc) is 3.52. The van der Waals surface area contributed by atoms with E-state index in [0.29, 0.717) is 85.1 Å². The maximum absolute atomic E-state index is 14.0. The van der Waals surface area contributed by atoms with Crippen molar-refractivity contribution in [3.63, 3.8) is 0 Å². The highest BCUT2D eigenvalue weighted by molar-refractivity contribution is 6.06. The summed E-state index contributed by atoms with van der Waals surface area (Å²) in [4.78, 5) is 72.7. The van der Waals surface area contributed by atoms with Crippen LogP contribution in [0.3, 0.4) is 0 Å². The van der Waals surface area contributed by atoms with Gasteiger partial charge in [0.15, 0.2) is 0 Å². The second kappa shape index (κ2) is 15.6. The number of phenols is 1. The number of hydrogen-bond acceptors (Lipinski definition) is 7. The number of nitrogens with zero attached hydrogens (tertiary/aromatic N) is 3. The summed E-state index contributed by atoms with van der Waals surface area (Å²) in [5.41, 5.74) is 4.76. The summed E-state index contributed by atoms with van der Waals surface area (Å²) in [6, 6.07) is 17.1. The number of aromatic hydroxyl groups is 1. The summed E-state index contributed by atoms with van der Waals surface area (Å²) in [7, 11) is 0. The Balaban J connectivity index is 1.08. The topological polar surface area (TPSA) is 149 Å². The van der Waals surface area contributed by atoms with Crippen LogP contribution in [-0.2, 0) is 26.3 Å². The quantitative estimate of drug-likeness (QED) is 0.157. The number of aromatic nitrogens is 1. The Kier molecular flexibility index (Phi) is 10.7. The van der Waals surface area contributed by atoms with Crippen LogP contribution in [0.1, 0.15) is 121 Å².